The Balaban J connectivity index is 2.36. The Kier molecular flexibility index (Phi) is 5.67. The molecule has 2 heterocycles. The zero-order valence-corrected chi connectivity index (χ0v) is 14.1. The maximum atomic E-state index is 5.29. The number of methoxy groups -OCH3 is 1. The lowest BCUT2D eigenvalue weighted by atomic mass is 10.1. The van der Waals surface area contributed by atoms with Gasteiger partial charge in [-0.2, -0.15) is 0 Å². The summed E-state index contributed by atoms with van der Waals surface area (Å²) in [6.45, 7) is 8.07. The summed E-state index contributed by atoms with van der Waals surface area (Å²) in [6.07, 6.45) is 6.99. The Morgan fingerprint density at radius 3 is 3.00 bits per heavy atom. The Morgan fingerprint density at radius 2 is 2.33 bits per heavy atom. The van der Waals surface area contributed by atoms with Gasteiger partial charge in [-0.05, 0) is 27.6 Å². The molecule has 0 bridgehead atoms. The number of ether oxygens (including phenoxy) is 1. The number of hydrogen-bond donors (Lipinski definition) is 1. The number of aromatic nitrogens is 2. The van der Waals surface area contributed by atoms with Crippen molar-refractivity contribution < 1.29 is 4.74 Å². The second-order valence-corrected chi connectivity index (χ2v) is 6.68. The maximum Gasteiger partial charge on any atom is 0.148 e. The molecule has 0 spiro atoms. The van der Waals surface area contributed by atoms with E-state index in [0.717, 1.165) is 25.4 Å². The van der Waals surface area contributed by atoms with E-state index in [1.54, 1.807) is 36.9 Å². The molecule has 110 valence electrons. The van der Waals surface area contributed by atoms with Crippen LogP contribution in [0.25, 0.3) is 10.2 Å². The van der Waals surface area contributed by atoms with Crippen LogP contribution in [0.2, 0.25) is 0 Å². The second-order valence-electron chi connectivity index (χ2n) is 4.25. The van der Waals surface area contributed by atoms with Crippen LogP contribution < -0.4 is 5.32 Å². The first-order valence-electron chi connectivity index (χ1n) is 6.30. The number of hydrogen-bond acceptors (Lipinski definition) is 5. The number of nitrogens with one attached hydrogen (secondary N) is 1. The molecule has 2 rings (SSSR count). The monoisotopic (exact) mass is 365 g/mol. The number of anilines is 1. The summed E-state index contributed by atoms with van der Waals surface area (Å²) in [6, 6.07) is 1.93. The Labute approximate surface area is 136 Å². The Hall–Kier alpha value is -1.50. The average molecular weight is 366 g/mol. The predicted molar refractivity (Wildman–Crippen MR) is 92.9 cm³/mol. The zero-order chi connectivity index (χ0) is 15.2. The zero-order valence-electron chi connectivity index (χ0n) is 11.7. The number of rotatable bonds is 7. The topological polar surface area (TPSA) is 47.0 Å². The highest BCUT2D eigenvalue weighted by atomic mass is 79.9. The number of nitrogens with zero attached hydrogens (tertiary/aromatic N) is 2. The molecule has 0 aliphatic rings. The first-order chi connectivity index (χ1) is 10.2. The fourth-order valence-corrected chi connectivity index (χ4v) is 3.44. The summed E-state index contributed by atoms with van der Waals surface area (Å²) < 4.78 is 7.32. The van der Waals surface area contributed by atoms with Gasteiger partial charge in [0.1, 0.15) is 12.1 Å². The van der Waals surface area contributed by atoms with E-state index < -0.39 is 0 Å². The van der Waals surface area contributed by atoms with Gasteiger partial charge in [0.05, 0.1) is 26.7 Å². The number of fused-ring (bicyclic) bond motifs is 1. The van der Waals surface area contributed by atoms with Crippen LogP contribution in [0, 0.1) is 0 Å². The van der Waals surface area contributed by atoms with Crippen molar-refractivity contribution in [3.8, 4) is 0 Å². The maximum absolute atomic E-state index is 5.29. The Morgan fingerprint density at radius 1 is 1.52 bits per heavy atom. The molecule has 2 aromatic heterocycles. The fourth-order valence-electron chi connectivity index (χ4n) is 1.94. The smallest absolute Gasteiger partial charge is 0.148 e. The molecule has 2 aromatic rings. The summed E-state index contributed by atoms with van der Waals surface area (Å²) in [4.78, 5) is 8.61. The third kappa shape index (κ3) is 3.78. The predicted octanol–water partition coefficient (Wildman–Crippen LogP) is 4.18. The van der Waals surface area contributed by atoms with Crippen LogP contribution in [0.1, 0.15) is 0 Å². The molecule has 0 saturated heterocycles. The van der Waals surface area contributed by atoms with Crippen LogP contribution in [0.5, 0.6) is 0 Å². The quantitative estimate of drug-likeness (QED) is 0.747. The normalized spacial score (nSPS) is 13.1. The minimum atomic E-state index is -0.0514. The third-order valence-corrected chi connectivity index (χ3v) is 4.51. The fraction of sp³-hybridized carbons (Fsp3) is 0.200. The second kappa shape index (κ2) is 7.49. The standard InChI is InChI=1S/C15H16BrN3OS/c1-4-6-10(5-2)12(8-20-3)19-15-14-11(17-9-18-15)7-13(16)21-14/h4-7,9,12H,1-2,8H2,3H3,(H,17,18,19)/b10-6+/t12-/m1/s1. The summed E-state index contributed by atoms with van der Waals surface area (Å²) in [7, 11) is 1.67. The average Bonchev–Trinajstić information content (AvgIpc) is 2.85. The number of thiophene rings is 1. The summed E-state index contributed by atoms with van der Waals surface area (Å²) in [5, 5.41) is 3.40. The van der Waals surface area contributed by atoms with Gasteiger partial charge in [-0.3, -0.25) is 0 Å². The third-order valence-electron chi connectivity index (χ3n) is 2.87. The largest absolute Gasteiger partial charge is 0.382 e. The van der Waals surface area contributed by atoms with Crippen molar-refractivity contribution in [1.82, 2.24) is 9.97 Å². The molecule has 1 atom stereocenters. The highest BCUT2D eigenvalue weighted by Gasteiger charge is 2.15. The van der Waals surface area contributed by atoms with Crippen LogP contribution in [-0.4, -0.2) is 29.7 Å². The van der Waals surface area contributed by atoms with Gasteiger partial charge in [0.2, 0.25) is 0 Å². The van der Waals surface area contributed by atoms with Crippen molar-refractivity contribution in [1.29, 1.82) is 0 Å². The van der Waals surface area contributed by atoms with Crippen LogP contribution in [0.15, 0.2) is 53.1 Å². The highest BCUT2D eigenvalue weighted by Crippen LogP contribution is 2.32. The van der Waals surface area contributed by atoms with Gasteiger partial charge in [0, 0.05) is 7.11 Å². The molecule has 0 unspecified atom stereocenters. The van der Waals surface area contributed by atoms with Crippen LogP contribution in [0.4, 0.5) is 5.82 Å². The van der Waals surface area contributed by atoms with Crippen molar-refractivity contribution in [3.05, 3.63) is 53.1 Å². The van der Waals surface area contributed by atoms with Crippen LogP contribution >= 0.6 is 27.3 Å². The van der Waals surface area contributed by atoms with E-state index in [0.29, 0.717) is 6.61 Å². The van der Waals surface area contributed by atoms with E-state index in [2.05, 4.69) is 44.4 Å². The Bertz CT molecular complexity index is 681. The van der Waals surface area contributed by atoms with Crippen molar-refractivity contribution >= 4 is 43.3 Å². The lowest BCUT2D eigenvalue weighted by Gasteiger charge is -2.19. The summed E-state index contributed by atoms with van der Waals surface area (Å²) >= 11 is 5.08. The highest BCUT2D eigenvalue weighted by molar-refractivity contribution is 9.11. The van der Waals surface area contributed by atoms with Gasteiger partial charge in [0.15, 0.2) is 0 Å². The summed E-state index contributed by atoms with van der Waals surface area (Å²) in [5.74, 6) is 0.787. The molecular weight excluding hydrogens is 350 g/mol. The molecule has 1 N–H and O–H groups in total. The van der Waals surface area contributed by atoms with E-state index in [9.17, 15) is 0 Å². The van der Waals surface area contributed by atoms with Gasteiger partial charge in [0.25, 0.3) is 0 Å². The molecule has 0 aliphatic heterocycles. The van der Waals surface area contributed by atoms with E-state index in [1.165, 1.54) is 0 Å². The van der Waals surface area contributed by atoms with E-state index in [-0.39, 0.29) is 6.04 Å². The van der Waals surface area contributed by atoms with Gasteiger partial charge < -0.3 is 10.1 Å². The molecule has 6 heteroatoms. The van der Waals surface area contributed by atoms with E-state index in [1.807, 2.05) is 12.1 Å². The van der Waals surface area contributed by atoms with Gasteiger partial charge >= 0.3 is 0 Å². The van der Waals surface area contributed by atoms with E-state index in [4.69, 9.17) is 4.74 Å². The molecule has 0 fully saturated rings. The first kappa shape index (κ1) is 15.9. The molecule has 0 aliphatic carbocycles. The lowest BCUT2D eigenvalue weighted by molar-refractivity contribution is 0.194. The van der Waals surface area contributed by atoms with Gasteiger partial charge in [-0.15, -0.1) is 11.3 Å². The van der Waals surface area contributed by atoms with Crippen molar-refractivity contribution in [2.24, 2.45) is 0 Å². The van der Waals surface area contributed by atoms with E-state index >= 15 is 0 Å². The number of halogens is 1. The molecule has 0 aromatic carbocycles. The molecule has 0 radical (unpaired) electrons. The molecule has 0 saturated carbocycles. The summed E-state index contributed by atoms with van der Waals surface area (Å²) in [5.41, 5.74) is 1.91. The minimum absolute atomic E-state index is 0.0514. The molecule has 4 nitrogen and oxygen atoms in total. The van der Waals surface area contributed by atoms with Crippen LogP contribution in [-0.2, 0) is 4.74 Å². The molecule has 21 heavy (non-hydrogen) atoms. The SMILES string of the molecule is C=C/C=C(\C=C)[C@@H](COC)Nc1ncnc2cc(Br)sc12. The van der Waals surface area contributed by atoms with Crippen molar-refractivity contribution in [2.45, 2.75) is 6.04 Å². The van der Waals surface area contributed by atoms with Crippen molar-refractivity contribution in [3.63, 3.8) is 0 Å². The first-order valence-corrected chi connectivity index (χ1v) is 7.91. The van der Waals surface area contributed by atoms with Crippen LogP contribution in [0.3, 0.4) is 0 Å². The molecule has 0 amide bonds. The lowest BCUT2D eigenvalue weighted by Crippen LogP contribution is -2.27. The minimum Gasteiger partial charge on any atom is -0.382 e. The number of allylic oxidation sites excluding steroid dienone is 2. The molecular formula is C15H16BrN3OS. The van der Waals surface area contributed by atoms with Gasteiger partial charge in [-0.25, -0.2) is 9.97 Å². The van der Waals surface area contributed by atoms with Gasteiger partial charge in [-0.1, -0.05) is 31.4 Å². The van der Waals surface area contributed by atoms with Crippen molar-refractivity contribution in [2.75, 3.05) is 19.0 Å².